The zero-order chi connectivity index (χ0) is 19.4. The lowest BCUT2D eigenvalue weighted by molar-refractivity contribution is -0.0831. The van der Waals surface area contributed by atoms with Crippen molar-refractivity contribution in [2.24, 2.45) is 0 Å². The van der Waals surface area contributed by atoms with E-state index in [-0.39, 0.29) is 6.10 Å². The molecule has 2 heterocycles. The molecule has 1 aliphatic heterocycles. The lowest BCUT2D eigenvalue weighted by Gasteiger charge is -2.38. The lowest BCUT2D eigenvalue weighted by atomic mass is 9.96. The lowest BCUT2D eigenvalue weighted by Crippen LogP contribution is -2.40. The SMILES string of the molecule is CC(Nc1c(Cl)ccc2c1CCNCC2)(OC1CCCCC1)c1cccnc1. The van der Waals surface area contributed by atoms with Crippen LogP contribution in [0.5, 0.6) is 0 Å². The summed E-state index contributed by atoms with van der Waals surface area (Å²) >= 11 is 6.70. The van der Waals surface area contributed by atoms with Gasteiger partial charge in [0.15, 0.2) is 5.72 Å². The summed E-state index contributed by atoms with van der Waals surface area (Å²) in [7, 11) is 0. The number of nitrogens with zero attached hydrogens (tertiary/aromatic N) is 1. The first-order chi connectivity index (χ1) is 13.7. The Morgan fingerprint density at radius 1 is 1.14 bits per heavy atom. The van der Waals surface area contributed by atoms with Gasteiger partial charge in [-0.3, -0.25) is 4.98 Å². The molecule has 1 atom stereocenters. The van der Waals surface area contributed by atoms with E-state index in [2.05, 4.69) is 34.7 Å². The molecule has 0 radical (unpaired) electrons. The van der Waals surface area contributed by atoms with E-state index >= 15 is 0 Å². The number of hydrogen-bond acceptors (Lipinski definition) is 4. The van der Waals surface area contributed by atoms with Crippen molar-refractivity contribution in [1.82, 2.24) is 10.3 Å². The monoisotopic (exact) mass is 399 g/mol. The van der Waals surface area contributed by atoms with Crippen LogP contribution < -0.4 is 10.6 Å². The molecule has 1 aromatic carbocycles. The number of fused-ring (bicyclic) bond motifs is 1. The van der Waals surface area contributed by atoms with E-state index in [0.717, 1.165) is 55.0 Å². The van der Waals surface area contributed by atoms with E-state index in [1.165, 1.54) is 30.4 Å². The van der Waals surface area contributed by atoms with Gasteiger partial charge in [0.2, 0.25) is 0 Å². The fourth-order valence-corrected chi connectivity index (χ4v) is 4.67. The molecule has 2 aliphatic rings. The van der Waals surface area contributed by atoms with Crippen LogP contribution in [0.1, 0.15) is 55.7 Å². The van der Waals surface area contributed by atoms with Gasteiger partial charge in [0.25, 0.3) is 0 Å². The van der Waals surface area contributed by atoms with Crippen LogP contribution in [0.3, 0.4) is 0 Å². The number of rotatable bonds is 5. The van der Waals surface area contributed by atoms with Crippen LogP contribution in [0.4, 0.5) is 5.69 Å². The van der Waals surface area contributed by atoms with Crippen LogP contribution >= 0.6 is 11.6 Å². The van der Waals surface area contributed by atoms with Gasteiger partial charge in [0.05, 0.1) is 16.8 Å². The molecule has 1 aliphatic carbocycles. The number of halogens is 1. The summed E-state index contributed by atoms with van der Waals surface area (Å²) in [5, 5.41) is 7.96. The molecule has 150 valence electrons. The highest BCUT2D eigenvalue weighted by Crippen LogP contribution is 2.38. The van der Waals surface area contributed by atoms with Gasteiger partial charge in [0.1, 0.15) is 0 Å². The van der Waals surface area contributed by atoms with Gasteiger partial charge in [-0.2, -0.15) is 0 Å². The largest absolute Gasteiger partial charge is 0.353 e. The van der Waals surface area contributed by atoms with E-state index in [9.17, 15) is 0 Å². The van der Waals surface area contributed by atoms with Crippen LogP contribution in [0.15, 0.2) is 36.7 Å². The van der Waals surface area contributed by atoms with Gasteiger partial charge in [-0.1, -0.05) is 43.0 Å². The number of ether oxygens (including phenoxy) is 1. The molecule has 1 aromatic heterocycles. The Hall–Kier alpha value is -1.62. The molecule has 0 bridgehead atoms. The Morgan fingerprint density at radius 2 is 1.96 bits per heavy atom. The van der Waals surface area contributed by atoms with E-state index in [1.807, 2.05) is 18.3 Å². The fourth-order valence-electron chi connectivity index (χ4n) is 4.45. The van der Waals surface area contributed by atoms with Gasteiger partial charge < -0.3 is 15.4 Å². The molecule has 28 heavy (non-hydrogen) atoms. The van der Waals surface area contributed by atoms with E-state index < -0.39 is 5.72 Å². The summed E-state index contributed by atoms with van der Waals surface area (Å²) in [6, 6.07) is 8.23. The Balaban J connectivity index is 1.70. The molecule has 4 rings (SSSR count). The number of benzene rings is 1. The highest BCUT2D eigenvalue weighted by Gasteiger charge is 2.33. The molecule has 0 amide bonds. The summed E-state index contributed by atoms with van der Waals surface area (Å²) in [4.78, 5) is 4.35. The number of pyridine rings is 1. The zero-order valence-corrected chi connectivity index (χ0v) is 17.4. The molecule has 1 fully saturated rings. The normalized spacial score (nSPS) is 20.1. The van der Waals surface area contributed by atoms with Crippen molar-refractivity contribution in [2.45, 2.75) is 63.7 Å². The van der Waals surface area contributed by atoms with Gasteiger partial charge >= 0.3 is 0 Å². The van der Waals surface area contributed by atoms with Crippen molar-refractivity contribution in [3.05, 3.63) is 58.4 Å². The van der Waals surface area contributed by atoms with Crippen LogP contribution in [-0.4, -0.2) is 24.2 Å². The second kappa shape index (κ2) is 8.81. The molecular formula is C23H30ClN3O. The maximum atomic E-state index is 6.72. The van der Waals surface area contributed by atoms with Crippen molar-refractivity contribution < 1.29 is 4.74 Å². The average molecular weight is 400 g/mol. The standard InChI is InChI=1S/C23H30ClN3O/c1-23(18-6-5-13-26-16-18,28-19-7-3-2-4-8-19)27-22-20-12-15-25-14-11-17(20)9-10-21(22)24/h5-6,9-10,13,16,19,25,27H,2-4,7-8,11-12,14-15H2,1H3. The Morgan fingerprint density at radius 3 is 2.75 bits per heavy atom. The first kappa shape index (κ1) is 19.7. The Labute approximate surface area is 173 Å². The van der Waals surface area contributed by atoms with Gasteiger partial charge in [-0.15, -0.1) is 0 Å². The molecule has 1 unspecified atom stereocenters. The molecule has 5 heteroatoms. The van der Waals surface area contributed by atoms with Crippen molar-refractivity contribution in [3.63, 3.8) is 0 Å². The highest BCUT2D eigenvalue weighted by atomic mass is 35.5. The van der Waals surface area contributed by atoms with Crippen molar-refractivity contribution >= 4 is 17.3 Å². The summed E-state index contributed by atoms with van der Waals surface area (Å²) < 4.78 is 6.72. The van der Waals surface area contributed by atoms with Gasteiger partial charge in [-0.05, 0) is 69.0 Å². The predicted molar refractivity (Wildman–Crippen MR) is 115 cm³/mol. The third-order valence-electron chi connectivity index (χ3n) is 6.01. The maximum Gasteiger partial charge on any atom is 0.164 e. The van der Waals surface area contributed by atoms with Crippen molar-refractivity contribution in [1.29, 1.82) is 0 Å². The Bertz CT molecular complexity index is 792. The quantitative estimate of drug-likeness (QED) is 0.690. The smallest absolute Gasteiger partial charge is 0.164 e. The van der Waals surface area contributed by atoms with Gasteiger partial charge in [0, 0.05) is 18.0 Å². The minimum atomic E-state index is -0.672. The maximum absolute atomic E-state index is 6.72. The number of anilines is 1. The average Bonchev–Trinajstić information content (AvgIpc) is 2.97. The summed E-state index contributed by atoms with van der Waals surface area (Å²) in [6.45, 7) is 4.09. The topological polar surface area (TPSA) is 46.2 Å². The zero-order valence-electron chi connectivity index (χ0n) is 16.6. The predicted octanol–water partition coefficient (Wildman–Crippen LogP) is 5.06. The van der Waals surface area contributed by atoms with Crippen LogP contribution in [0, 0.1) is 0 Å². The summed E-state index contributed by atoms with van der Waals surface area (Å²) in [5.41, 5.74) is 4.03. The highest BCUT2D eigenvalue weighted by molar-refractivity contribution is 6.33. The molecule has 1 saturated carbocycles. The third-order valence-corrected chi connectivity index (χ3v) is 6.33. The van der Waals surface area contributed by atoms with E-state index in [0.29, 0.717) is 0 Å². The van der Waals surface area contributed by atoms with Crippen LogP contribution in [-0.2, 0) is 23.3 Å². The molecule has 4 nitrogen and oxygen atoms in total. The first-order valence-corrected chi connectivity index (χ1v) is 10.9. The van der Waals surface area contributed by atoms with Crippen LogP contribution in [0.2, 0.25) is 5.02 Å². The molecule has 0 spiro atoms. The van der Waals surface area contributed by atoms with Crippen LogP contribution in [0.25, 0.3) is 0 Å². The minimum absolute atomic E-state index is 0.259. The number of aromatic nitrogens is 1. The third kappa shape index (κ3) is 4.35. The second-order valence-electron chi connectivity index (χ2n) is 8.09. The molecule has 2 N–H and O–H groups in total. The minimum Gasteiger partial charge on any atom is -0.353 e. The van der Waals surface area contributed by atoms with E-state index in [1.54, 1.807) is 6.20 Å². The first-order valence-electron chi connectivity index (χ1n) is 10.5. The van der Waals surface area contributed by atoms with Crippen molar-refractivity contribution in [3.8, 4) is 0 Å². The number of hydrogen-bond donors (Lipinski definition) is 2. The second-order valence-corrected chi connectivity index (χ2v) is 8.50. The fraction of sp³-hybridized carbons (Fsp3) is 0.522. The Kier molecular flexibility index (Phi) is 6.19. The number of nitrogens with one attached hydrogen (secondary N) is 2. The van der Waals surface area contributed by atoms with Crippen molar-refractivity contribution in [2.75, 3.05) is 18.4 Å². The van der Waals surface area contributed by atoms with Gasteiger partial charge in [-0.25, -0.2) is 0 Å². The summed E-state index contributed by atoms with van der Waals surface area (Å²) in [6.07, 6.45) is 12.0. The molecule has 2 aromatic rings. The summed E-state index contributed by atoms with van der Waals surface area (Å²) in [5.74, 6) is 0. The molecular weight excluding hydrogens is 370 g/mol. The van der Waals surface area contributed by atoms with E-state index in [4.69, 9.17) is 16.3 Å². The molecule has 0 saturated heterocycles.